The Balaban J connectivity index is 2.30. The first-order valence-corrected chi connectivity index (χ1v) is 7.85. The maximum Gasteiger partial charge on any atom is 0.337 e. The number of carbonyl (C=O) groups excluding carboxylic acids is 4. The molecule has 138 valence electrons. The molecule has 0 aromatic heterocycles. The Kier molecular flexibility index (Phi) is 6.11. The third-order valence-electron chi connectivity index (χ3n) is 4.11. The van der Waals surface area contributed by atoms with Crippen LogP contribution < -0.4 is 10.4 Å². The molecule has 26 heavy (non-hydrogen) atoms. The van der Waals surface area contributed by atoms with Crippen LogP contribution in [0, 0.1) is 11.8 Å². The van der Waals surface area contributed by atoms with Crippen molar-refractivity contribution < 1.29 is 33.8 Å². The smallest absolute Gasteiger partial charge is 0.337 e. The van der Waals surface area contributed by atoms with Gasteiger partial charge in [0.15, 0.2) is 0 Å². The van der Waals surface area contributed by atoms with Gasteiger partial charge in [-0.25, -0.2) is 9.59 Å². The van der Waals surface area contributed by atoms with Gasteiger partial charge in [0.05, 0.1) is 31.3 Å². The first kappa shape index (κ1) is 19.2. The van der Waals surface area contributed by atoms with Crippen LogP contribution in [0.3, 0.4) is 0 Å². The van der Waals surface area contributed by atoms with Gasteiger partial charge in [0.25, 0.3) is 0 Å². The Morgan fingerprint density at radius 2 is 1.42 bits per heavy atom. The Hall–Kier alpha value is -3.16. The van der Waals surface area contributed by atoms with Crippen LogP contribution in [0.4, 0.5) is 5.69 Å². The number of benzene rings is 1. The van der Waals surface area contributed by atoms with Crippen molar-refractivity contribution in [2.45, 2.75) is 12.8 Å². The summed E-state index contributed by atoms with van der Waals surface area (Å²) in [7, 11) is 2.37. The van der Waals surface area contributed by atoms with E-state index in [0.717, 1.165) is 0 Å². The standard InChI is InChI=1S/C18H19NO7/c1-25-17(23)10-7-11(18(24)26-2)9-12(8-10)19-15(20)13-5-3-4-6-14(13)16(21)22/h3-4,7-9,13-14H,5-6H2,1-2H3,(H,19,20)(H,21,22)/p-1/t13-,14+/m0/s1. The summed E-state index contributed by atoms with van der Waals surface area (Å²) in [6.07, 6.45) is 3.88. The van der Waals surface area contributed by atoms with Gasteiger partial charge in [-0.3, -0.25) is 4.79 Å². The van der Waals surface area contributed by atoms with Crippen molar-refractivity contribution in [3.8, 4) is 0 Å². The number of hydrogen-bond donors (Lipinski definition) is 1. The first-order valence-electron chi connectivity index (χ1n) is 7.85. The van der Waals surface area contributed by atoms with Crippen LogP contribution in [0.15, 0.2) is 30.4 Å². The van der Waals surface area contributed by atoms with Gasteiger partial charge in [0, 0.05) is 17.6 Å². The molecule has 1 aromatic rings. The minimum atomic E-state index is -1.30. The number of rotatable bonds is 5. The molecule has 1 N–H and O–H groups in total. The fraction of sp³-hybridized carbons (Fsp3) is 0.333. The Bertz CT molecular complexity index is 735. The van der Waals surface area contributed by atoms with Gasteiger partial charge in [-0.05, 0) is 31.0 Å². The second kappa shape index (κ2) is 8.28. The number of aliphatic carboxylic acids is 1. The van der Waals surface area contributed by atoms with Gasteiger partial charge in [-0.1, -0.05) is 12.2 Å². The fourth-order valence-corrected chi connectivity index (χ4v) is 2.77. The van der Waals surface area contributed by atoms with Crippen LogP contribution in [-0.2, 0) is 19.1 Å². The molecule has 0 saturated carbocycles. The maximum atomic E-state index is 12.5. The van der Waals surface area contributed by atoms with Crippen molar-refractivity contribution in [1.29, 1.82) is 0 Å². The number of esters is 2. The molecule has 1 amide bonds. The highest BCUT2D eigenvalue weighted by molar-refractivity contribution is 6.00. The summed E-state index contributed by atoms with van der Waals surface area (Å²) in [6, 6.07) is 3.95. The quantitative estimate of drug-likeness (QED) is 0.600. The minimum Gasteiger partial charge on any atom is -0.550 e. The van der Waals surface area contributed by atoms with E-state index in [1.807, 2.05) is 0 Å². The summed E-state index contributed by atoms with van der Waals surface area (Å²) in [5.74, 6) is -4.98. The van der Waals surface area contributed by atoms with Crippen LogP contribution in [-0.4, -0.2) is 38.0 Å². The SMILES string of the molecule is COC(=O)c1cc(NC(=O)[C@H]2CC=CC[C@H]2C(=O)[O-])cc(C(=O)OC)c1. The normalized spacial score (nSPS) is 18.7. The molecule has 0 saturated heterocycles. The predicted octanol–water partition coefficient (Wildman–Crippen LogP) is 0.531. The zero-order valence-corrected chi connectivity index (χ0v) is 14.3. The van der Waals surface area contributed by atoms with E-state index >= 15 is 0 Å². The molecule has 0 spiro atoms. The molecule has 1 aromatic carbocycles. The molecule has 1 aliphatic carbocycles. The highest BCUT2D eigenvalue weighted by Crippen LogP contribution is 2.27. The summed E-state index contributed by atoms with van der Waals surface area (Å²) in [5.41, 5.74) is 0.251. The molecule has 0 bridgehead atoms. The largest absolute Gasteiger partial charge is 0.550 e. The highest BCUT2D eigenvalue weighted by atomic mass is 16.5. The van der Waals surface area contributed by atoms with E-state index in [4.69, 9.17) is 0 Å². The van der Waals surface area contributed by atoms with E-state index in [0.29, 0.717) is 0 Å². The number of carbonyl (C=O) groups is 4. The molecule has 1 aliphatic rings. The molecule has 2 atom stereocenters. The number of ether oxygens (including phenoxy) is 2. The van der Waals surface area contributed by atoms with Crippen LogP contribution in [0.25, 0.3) is 0 Å². The van der Waals surface area contributed by atoms with Crippen molar-refractivity contribution in [3.05, 3.63) is 41.5 Å². The van der Waals surface area contributed by atoms with Crippen molar-refractivity contribution in [2.24, 2.45) is 11.8 Å². The van der Waals surface area contributed by atoms with Crippen LogP contribution in [0.2, 0.25) is 0 Å². The highest BCUT2D eigenvalue weighted by Gasteiger charge is 2.30. The lowest BCUT2D eigenvalue weighted by atomic mass is 9.82. The third kappa shape index (κ3) is 4.27. The number of allylic oxidation sites excluding steroid dienone is 2. The lowest BCUT2D eigenvalue weighted by Crippen LogP contribution is -2.41. The Morgan fingerprint density at radius 3 is 1.88 bits per heavy atom. The lowest BCUT2D eigenvalue weighted by molar-refractivity contribution is -0.313. The molecular formula is C18H18NO7-. The van der Waals surface area contributed by atoms with Gasteiger partial charge in [-0.15, -0.1) is 0 Å². The third-order valence-corrected chi connectivity index (χ3v) is 4.11. The van der Waals surface area contributed by atoms with Crippen LogP contribution >= 0.6 is 0 Å². The van der Waals surface area contributed by atoms with E-state index in [1.54, 1.807) is 12.2 Å². The van der Waals surface area contributed by atoms with Crippen molar-refractivity contribution in [2.75, 3.05) is 19.5 Å². The minimum absolute atomic E-state index is 0.0469. The van der Waals surface area contributed by atoms with Gasteiger partial charge >= 0.3 is 11.9 Å². The number of hydrogen-bond acceptors (Lipinski definition) is 7. The topological polar surface area (TPSA) is 122 Å². The van der Waals surface area contributed by atoms with Crippen molar-refractivity contribution in [3.63, 3.8) is 0 Å². The molecule has 0 radical (unpaired) electrons. The van der Waals surface area contributed by atoms with E-state index in [9.17, 15) is 24.3 Å². The summed E-state index contributed by atoms with van der Waals surface area (Å²) in [5, 5.41) is 13.8. The fourth-order valence-electron chi connectivity index (χ4n) is 2.77. The number of nitrogens with one attached hydrogen (secondary N) is 1. The van der Waals surface area contributed by atoms with E-state index < -0.39 is 35.7 Å². The summed E-state index contributed by atoms with van der Waals surface area (Å²) >= 11 is 0. The number of anilines is 1. The number of carboxylic acid groups (broad SMARTS) is 1. The molecule has 0 aliphatic heterocycles. The van der Waals surface area contributed by atoms with E-state index in [2.05, 4.69) is 14.8 Å². The van der Waals surface area contributed by atoms with Crippen molar-refractivity contribution >= 4 is 29.5 Å². The molecule has 8 heteroatoms. The number of methoxy groups -OCH3 is 2. The lowest BCUT2D eigenvalue weighted by Gasteiger charge is -2.28. The zero-order valence-electron chi connectivity index (χ0n) is 14.3. The summed E-state index contributed by atoms with van der Waals surface area (Å²) < 4.78 is 9.26. The second-order valence-electron chi connectivity index (χ2n) is 5.75. The first-order chi connectivity index (χ1) is 12.4. The molecule has 8 nitrogen and oxygen atoms in total. The molecular weight excluding hydrogens is 342 g/mol. The Labute approximate surface area is 149 Å². The van der Waals surface area contributed by atoms with E-state index in [-0.39, 0.29) is 29.7 Å². The molecule has 2 rings (SSSR count). The average molecular weight is 360 g/mol. The monoisotopic (exact) mass is 360 g/mol. The predicted molar refractivity (Wildman–Crippen MR) is 88.1 cm³/mol. The molecule has 0 heterocycles. The van der Waals surface area contributed by atoms with Gasteiger partial charge < -0.3 is 24.7 Å². The Morgan fingerprint density at radius 1 is 0.923 bits per heavy atom. The average Bonchev–Trinajstić information content (AvgIpc) is 2.66. The molecule has 0 fully saturated rings. The maximum absolute atomic E-state index is 12.5. The van der Waals surface area contributed by atoms with Crippen molar-refractivity contribution in [1.82, 2.24) is 0 Å². The number of amides is 1. The number of carboxylic acids is 1. The molecule has 0 unspecified atom stereocenters. The van der Waals surface area contributed by atoms with E-state index in [1.165, 1.54) is 32.4 Å². The second-order valence-corrected chi connectivity index (χ2v) is 5.75. The van der Waals surface area contributed by atoms with Crippen LogP contribution in [0.5, 0.6) is 0 Å². The van der Waals surface area contributed by atoms with Gasteiger partial charge in [0.1, 0.15) is 0 Å². The van der Waals surface area contributed by atoms with Gasteiger partial charge in [-0.2, -0.15) is 0 Å². The summed E-state index contributed by atoms with van der Waals surface area (Å²) in [6.45, 7) is 0. The van der Waals surface area contributed by atoms with Gasteiger partial charge in [0.2, 0.25) is 5.91 Å². The summed E-state index contributed by atoms with van der Waals surface area (Å²) in [4.78, 5) is 47.3. The zero-order chi connectivity index (χ0) is 19.3. The van der Waals surface area contributed by atoms with Crippen LogP contribution in [0.1, 0.15) is 33.6 Å².